The molecule has 2 aliphatic rings. The van der Waals surface area contributed by atoms with Crippen LogP contribution in [0.5, 0.6) is 5.75 Å². The molecule has 0 fully saturated rings. The molecule has 168 valence electrons. The van der Waals surface area contributed by atoms with Crippen molar-refractivity contribution in [1.29, 1.82) is 0 Å². The van der Waals surface area contributed by atoms with Crippen molar-refractivity contribution >= 4 is 16.9 Å². The number of hydrogen-bond acceptors (Lipinski definition) is 5. The summed E-state index contributed by atoms with van der Waals surface area (Å²) in [6.07, 6.45) is 7.51. The average Bonchev–Trinajstić information content (AvgIpc) is 3.21. The van der Waals surface area contributed by atoms with Crippen LogP contribution in [0.2, 0.25) is 0 Å². The van der Waals surface area contributed by atoms with Gasteiger partial charge in [-0.25, -0.2) is 4.79 Å². The van der Waals surface area contributed by atoms with Gasteiger partial charge in [-0.2, -0.15) is 5.10 Å². The number of rotatable bonds is 5. The molecule has 1 unspecified atom stereocenters. The van der Waals surface area contributed by atoms with Crippen LogP contribution in [0.4, 0.5) is 0 Å². The number of benzene rings is 1. The van der Waals surface area contributed by atoms with Crippen LogP contribution in [-0.2, 0) is 37.0 Å². The Hall–Kier alpha value is -3.09. The van der Waals surface area contributed by atoms with Crippen molar-refractivity contribution in [2.75, 3.05) is 7.05 Å². The number of aromatic amines is 1. The Labute approximate surface area is 186 Å². The first kappa shape index (κ1) is 20.8. The third-order valence-corrected chi connectivity index (χ3v) is 6.76. The summed E-state index contributed by atoms with van der Waals surface area (Å²) >= 11 is 0. The Morgan fingerprint density at radius 2 is 1.84 bits per heavy atom. The predicted octanol–water partition coefficient (Wildman–Crippen LogP) is 3.70. The van der Waals surface area contributed by atoms with Crippen LogP contribution in [0.15, 0.2) is 27.4 Å². The second-order valence-corrected chi connectivity index (χ2v) is 9.00. The molecule has 32 heavy (non-hydrogen) atoms. The summed E-state index contributed by atoms with van der Waals surface area (Å²) in [5, 5.41) is 8.53. The van der Waals surface area contributed by atoms with Crippen LogP contribution < -0.4 is 10.4 Å². The molecule has 1 atom stereocenters. The molecular formula is C25H29N3O4. The molecule has 7 nitrogen and oxygen atoms in total. The van der Waals surface area contributed by atoms with Crippen molar-refractivity contribution in [2.24, 2.45) is 0 Å². The number of aromatic nitrogens is 2. The molecule has 7 heteroatoms. The zero-order chi connectivity index (χ0) is 22.2. The molecule has 0 saturated heterocycles. The zero-order valence-electron chi connectivity index (χ0n) is 18.7. The third-order valence-electron chi connectivity index (χ3n) is 6.76. The van der Waals surface area contributed by atoms with E-state index >= 15 is 0 Å². The number of hydrogen-bond donors (Lipinski definition) is 1. The maximum atomic E-state index is 12.9. The fraction of sp³-hybridized carbons (Fsp3) is 0.480. The van der Waals surface area contributed by atoms with Gasteiger partial charge in [-0.05, 0) is 81.5 Å². The van der Waals surface area contributed by atoms with Crippen LogP contribution in [0.25, 0.3) is 11.0 Å². The monoisotopic (exact) mass is 435 g/mol. The van der Waals surface area contributed by atoms with Gasteiger partial charge in [0.25, 0.3) is 5.91 Å². The highest BCUT2D eigenvalue weighted by Gasteiger charge is 2.24. The van der Waals surface area contributed by atoms with Gasteiger partial charge in [0.1, 0.15) is 11.3 Å². The molecule has 0 spiro atoms. The smallest absolute Gasteiger partial charge is 0.339 e. The number of amides is 1. The predicted molar refractivity (Wildman–Crippen MR) is 121 cm³/mol. The summed E-state index contributed by atoms with van der Waals surface area (Å²) in [4.78, 5) is 27.0. The summed E-state index contributed by atoms with van der Waals surface area (Å²) in [6, 6.07) is 5.51. The highest BCUT2D eigenvalue weighted by atomic mass is 16.5. The van der Waals surface area contributed by atoms with Crippen molar-refractivity contribution in [3.8, 4) is 5.75 Å². The van der Waals surface area contributed by atoms with Crippen LogP contribution in [0, 0.1) is 0 Å². The Bertz CT molecular complexity index is 1230. The third kappa shape index (κ3) is 3.80. The molecule has 2 heterocycles. The summed E-state index contributed by atoms with van der Waals surface area (Å²) < 4.78 is 11.5. The second kappa shape index (κ2) is 8.45. The number of nitrogens with one attached hydrogen (secondary N) is 1. The Balaban J connectivity index is 1.30. The van der Waals surface area contributed by atoms with Crippen LogP contribution in [-0.4, -0.2) is 34.2 Å². The lowest BCUT2D eigenvalue weighted by Gasteiger charge is -2.22. The standard InChI is InChI=1S/C25H29N3O4/c1-15(24(29)28(2)14-22-20-9-5-6-10-21(20)26-27-22)31-16-11-12-18-17-7-3-4-8-19(17)25(30)32-23(18)13-16/h11-13,15H,3-10,14H2,1-2H3,(H,26,27). The van der Waals surface area contributed by atoms with E-state index in [1.165, 1.54) is 17.7 Å². The van der Waals surface area contributed by atoms with E-state index in [4.69, 9.17) is 9.15 Å². The lowest BCUT2D eigenvalue weighted by Crippen LogP contribution is -2.37. The van der Waals surface area contributed by atoms with Gasteiger partial charge in [-0.3, -0.25) is 9.89 Å². The maximum Gasteiger partial charge on any atom is 0.339 e. The van der Waals surface area contributed by atoms with E-state index in [1.54, 1.807) is 24.9 Å². The molecule has 1 aromatic carbocycles. The number of aryl methyl sites for hydroxylation is 2. The SMILES string of the molecule is CC(Oc1ccc2c3c(c(=O)oc2c1)CCCC3)C(=O)N(C)Cc1n[nH]c2c1CCCC2. The van der Waals surface area contributed by atoms with Crippen molar-refractivity contribution in [1.82, 2.24) is 15.1 Å². The van der Waals surface area contributed by atoms with E-state index in [1.807, 2.05) is 12.1 Å². The van der Waals surface area contributed by atoms with E-state index in [0.717, 1.165) is 67.2 Å². The second-order valence-electron chi connectivity index (χ2n) is 9.00. The number of ether oxygens (including phenoxy) is 1. The molecule has 0 aliphatic heterocycles. The van der Waals surface area contributed by atoms with Gasteiger partial charge in [0.05, 0.1) is 12.2 Å². The normalized spacial score (nSPS) is 16.3. The summed E-state index contributed by atoms with van der Waals surface area (Å²) in [7, 11) is 1.78. The van der Waals surface area contributed by atoms with Crippen LogP contribution >= 0.6 is 0 Å². The van der Waals surface area contributed by atoms with E-state index in [-0.39, 0.29) is 11.5 Å². The van der Waals surface area contributed by atoms with Gasteiger partial charge >= 0.3 is 5.63 Å². The number of fused-ring (bicyclic) bond motifs is 4. The first-order chi connectivity index (χ1) is 15.5. The minimum absolute atomic E-state index is 0.121. The Morgan fingerprint density at radius 1 is 1.12 bits per heavy atom. The molecule has 2 aromatic heterocycles. The van der Waals surface area contributed by atoms with Gasteiger partial charge in [-0.15, -0.1) is 0 Å². The highest BCUT2D eigenvalue weighted by molar-refractivity contribution is 5.83. The minimum Gasteiger partial charge on any atom is -0.481 e. The van der Waals surface area contributed by atoms with E-state index < -0.39 is 6.10 Å². The molecule has 0 saturated carbocycles. The lowest BCUT2D eigenvalue weighted by atomic mass is 9.91. The van der Waals surface area contributed by atoms with Crippen molar-refractivity contribution in [2.45, 2.75) is 70.9 Å². The Kier molecular flexibility index (Phi) is 5.49. The first-order valence-electron chi connectivity index (χ1n) is 11.6. The number of carbonyl (C=O) groups excluding carboxylic acids is 1. The van der Waals surface area contributed by atoms with E-state index in [0.29, 0.717) is 17.9 Å². The Morgan fingerprint density at radius 3 is 2.66 bits per heavy atom. The largest absolute Gasteiger partial charge is 0.481 e. The molecule has 5 rings (SSSR count). The summed E-state index contributed by atoms with van der Waals surface area (Å²) in [5.41, 5.74) is 5.58. The maximum absolute atomic E-state index is 12.9. The zero-order valence-corrected chi connectivity index (χ0v) is 18.7. The van der Waals surface area contributed by atoms with Crippen LogP contribution in [0.1, 0.15) is 60.7 Å². The van der Waals surface area contributed by atoms with E-state index in [9.17, 15) is 9.59 Å². The van der Waals surface area contributed by atoms with Crippen LogP contribution in [0.3, 0.4) is 0 Å². The number of H-pyrrole nitrogens is 1. The first-order valence-corrected chi connectivity index (χ1v) is 11.6. The van der Waals surface area contributed by atoms with Crippen molar-refractivity contribution in [3.05, 3.63) is 56.7 Å². The summed E-state index contributed by atoms with van der Waals surface area (Å²) in [6.45, 7) is 2.20. The van der Waals surface area contributed by atoms with Gasteiger partial charge in [0, 0.05) is 29.8 Å². The van der Waals surface area contributed by atoms with Crippen molar-refractivity contribution < 1.29 is 13.9 Å². The van der Waals surface area contributed by atoms with Gasteiger partial charge in [0.2, 0.25) is 0 Å². The average molecular weight is 436 g/mol. The topological polar surface area (TPSA) is 88.4 Å². The van der Waals surface area contributed by atoms with E-state index in [2.05, 4.69) is 10.2 Å². The molecule has 0 bridgehead atoms. The minimum atomic E-state index is -0.670. The summed E-state index contributed by atoms with van der Waals surface area (Å²) in [5.74, 6) is 0.396. The van der Waals surface area contributed by atoms with Gasteiger partial charge in [0.15, 0.2) is 6.10 Å². The van der Waals surface area contributed by atoms with Gasteiger partial charge in [-0.1, -0.05) is 0 Å². The molecule has 2 aliphatic carbocycles. The molecular weight excluding hydrogens is 406 g/mol. The molecule has 1 amide bonds. The number of nitrogens with zero attached hydrogens (tertiary/aromatic N) is 2. The fourth-order valence-corrected chi connectivity index (χ4v) is 5.05. The van der Waals surface area contributed by atoms with Crippen molar-refractivity contribution in [3.63, 3.8) is 0 Å². The number of carbonyl (C=O) groups is 1. The number of likely N-dealkylation sites (N-methyl/N-ethyl adjacent to an activating group) is 1. The van der Waals surface area contributed by atoms with Gasteiger partial charge < -0.3 is 14.1 Å². The quantitative estimate of drug-likeness (QED) is 0.618. The fourth-order valence-electron chi connectivity index (χ4n) is 5.05. The lowest BCUT2D eigenvalue weighted by molar-refractivity contribution is -0.137. The molecule has 3 aromatic rings. The molecule has 1 N–H and O–H groups in total. The molecule has 0 radical (unpaired) electrons. The highest BCUT2D eigenvalue weighted by Crippen LogP contribution is 2.29.